The molecule has 1 rings (SSSR count). The van der Waals surface area contributed by atoms with Gasteiger partial charge in [0.2, 0.25) is 5.91 Å². The van der Waals surface area contributed by atoms with Gasteiger partial charge in [0, 0.05) is 33.8 Å². The molecule has 1 fully saturated rings. The van der Waals surface area contributed by atoms with Crippen molar-refractivity contribution in [2.45, 2.75) is 39.2 Å². The van der Waals surface area contributed by atoms with Crippen LogP contribution < -0.4 is 0 Å². The molecule has 1 heterocycles. The van der Waals surface area contributed by atoms with Crippen molar-refractivity contribution < 1.29 is 47.5 Å². The molecule has 0 aromatic carbocycles. The molecule has 2 amide bonds. The van der Waals surface area contributed by atoms with E-state index in [9.17, 15) is 9.59 Å². The third-order valence-corrected chi connectivity index (χ3v) is 5.66. The molecule has 12 heteroatoms. The van der Waals surface area contributed by atoms with Gasteiger partial charge < -0.3 is 47.7 Å². The van der Waals surface area contributed by atoms with Crippen LogP contribution in [-0.4, -0.2) is 147 Å². The lowest BCUT2D eigenvalue weighted by molar-refractivity contribution is -0.136. The molecule has 0 aliphatic carbocycles. The molecule has 0 saturated carbocycles. The van der Waals surface area contributed by atoms with Gasteiger partial charge in [-0.1, -0.05) is 0 Å². The van der Waals surface area contributed by atoms with E-state index in [1.165, 1.54) is 0 Å². The molecule has 0 radical (unpaired) electrons. The Balaban J connectivity index is 1.92. The fraction of sp³-hybridized carbons (Fsp3) is 0.926. The number of piperidine rings is 1. The first-order valence-electron chi connectivity index (χ1n) is 13.9. The highest BCUT2D eigenvalue weighted by Crippen LogP contribution is 2.21. The summed E-state index contributed by atoms with van der Waals surface area (Å²) in [5.74, 6) is -0.185. The van der Waals surface area contributed by atoms with Crippen LogP contribution in [0.15, 0.2) is 0 Å². The Morgan fingerprint density at radius 2 is 1.18 bits per heavy atom. The smallest absolute Gasteiger partial charge is 0.410 e. The van der Waals surface area contributed by atoms with E-state index < -0.39 is 5.60 Å². The van der Waals surface area contributed by atoms with E-state index >= 15 is 0 Å². The van der Waals surface area contributed by atoms with Crippen LogP contribution in [0.5, 0.6) is 0 Å². The SMILES string of the molecule is COCCOCCOCCOCCOCCOCCOCCN(C)C(=O)[C@H]1CCCN(C(=O)OC(C)(C)C)C1. The van der Waals surface area contributed by atoms with E-state index in [1.807, 2.05) is 20.8 Å². The number of ether oxygens (including phenoxy) is 8. The monoisotopic (exact) mass is 564 g/mol. The van der Waals surface area contributed by atoms with Crippen molar-refractivity contribution in [2.24, 2.45) is 5.92 Å². The van der Waals surface area contributed by atoms with Crippen molar-refractivity contribution in [3.8, 4) is 0 Å². The minimum absolute atomic E-state index is 0.0279. The molecule has 0 N–H and O–H groups in total. The van der Waals surface area contributed by atoms with Crippen LogP contribution in [-0.2, 0) is 42.7 Å². The van der Waals surface area contributed by atoms with E-state index in [0.717, 1.165) is 12.8 Å². The quantitative estimate of drug-likeness (QED) is 0.180. The molecule has 0 spiro atoms. The van der Waals surface area contributed by atoms with Crippen molar-refractivity contribution in [3.63, 3.8) is 0 Å². The van der Waals surface area contributed by atoms with Gasteiger partial charge in [0.25, 0.3) is 0 Å². The van der Waals surface area contributed by atoms with Gasteiger partial charge >= 0.3 is 6.09 Å². The number of carbonyl (C=O) groups excluding carboxylic acids is 2. The normalized spacial score (nSPS) is 15.9. The summed E-state index contributed by atoms with van der Waals surface area (Å²) in [5.41, 5.74) is -0.551. The highest BCUT2D eigenvalue weighted by Gasteiger charge is 2.32. The number of hydrogen-bond acceptors (Lipinski definition) is 10. The van der Waals surface area contributed by atoms with Crippen molar-refractivity contribution in [1.29, 1.82) is 0 Å². The fourth-order valence-electron chi connectivity index (χ4n) is 3.64. The maximum atomic E-state index is 12.8. The van der Waals surface area contributed by atoms with Gasteiger partial charge in [0.15, 0.2) is 0 Å². The van der Waals surface area contributed by atoms with Crippen molar-refractivity contribution >= 4 is 12.0 Å². The zero-order valence-electron chi connectivity index (χ0n) is 24.8. The largest absolute Gasteiger partial charge is 0.444 e. The van der Waals surface area contributed by atoms with Gasteiger partial charge in [-0.2, -0.15) is 0 Å². The number of likely N-dealkylation sites (tertiary alicyclic amines) is 1. The lowest BCUT2D eigenvalue weighted by Crippen LogP contribution is -2.47. The van der Waals surface area contributed by atoms with Crippen LogP contribution in [0.25, 0.3) is 0 Å². The number of hydrogen-bond donors (Lipinski definition) is 0. The Morgan fingerprint density at radius 1 is 0.744 bits per heavy atom. The van der Waals surface area contributed by atoms with Gasteiger partial charge in [-0.25, -0.2) is 4.79 Å². The second-order valence-electron chi connectivity index (χ2n) is 10.2. The molecule has 39 heavy (non-hydrogen) atoms. The van der Waals surface area contributed by atoms with E-state index in [4.69, 9.17) is 37.9 Å². The summed E-state index contributed by atoms with van der Waals surface area (Å²) < 4.78 is 43.0. The Bertz CT molecular complexity index is 632. The van der Waals surface area contributed by atoms with Crippen LogP contribution in [0, 0.1) is 5.92 Å². The molecule has 12 nitrogen and oxygen atoms in total. The van der Waals surface area contributed by atoms with Gasteiger partial charge in [-0.3, -0.25) is 4.79 Å². The van der Waals surface area contributed by atoms with Gasteiger partial charge in [-0.05, 0) is 33.6 Å². The first-order chi connectivity index (χ1) is 18.7. The second-order valence-corrected chi connectivity index (χ2v) is 10.2. The molecule has 1 aliphatic rings. The first-order valence-corrected chi connectivity index (χ1v) is 13.9. The molecule has 0 unspecified atom stereocenters. The molecule has 230 valence electrons. The first kappa shape index (κ1) is 35.5. The summed E-state index contributed by atoms with van der Waals surface area (Å²) in [5, 5.41) is 0. The molecule has 1 aliphatic heterocycles. The Kier molecular flexibility index (Phi) is 20.2. The standard InChI is InChI=1S/C27H52N2O10/c1-27(2,3)39-26(31)29-8-6-7-24(23-29)25(30)28(4)9-10-33-13-14-35-17-18-37-21-22-38-20-19-36-16-15-34-12-11-32-5/h24H,6-23H2,1-5H3/t24-/m0/s1. The van der Waals surface area contributed by atoms with Crippen LogP contribution in [0.3, 0.4) is 0 Å². The van der Waals surface area contributed by atoms with Gasteiger partial charge in [-0.15, -0.1) is 0 Å². The average molecular weight is 565 g/mol. The molecule has 0 bridgehead atoms. The lowest BCUT2D eigenvalue weighted by atomic mass is 9.97. The zero-order valence-corrected chi connectivity index (χ0v) is 24.8. The Morgan fingerprint density at radius 3 is 1.62 bits per heavy atom. The molecular formula is C27H52N2O10. The predicted octanol–water partition coefficient (Wildman–Crippen LogP) is 1.84. The number of carbonyl (C=O) groups is 2. The summed E-state index contributed by atoms with van der Waals surface area (Å²) in [6.45, 7) is 13.6. The lowest BCUT2D eigenvalue weighted by Gasteiger charge is -2.35. The van der Waals surface area contributed by atoms with E-state index in [-0.39, 0.29) is 17.9 Å². The van der Waals surface area contributed by atoms with Crippen LogP contribution in [0.2, 0.25) is 0 Å². The van der Waals surface area contributed by atoms with Crippen molar-refractivity contribution in [2.75, 3.05) is 120 Å². The minimum atomic E-state index is -0.551. The van der Waals surface area contributed by atoms with Crippen LogP contribution in [0.1, 0.15) is 33.6 Å². The van der Waals surface area contributed by atoms with Crippen LogP contribution >= 0.6 is 0 Å². The molecule has 0 aromatic heterocycles. The number of rotatable bonds is 22. The zero-order chi connectivity index (χ0) is 28.8. The molecule has 1 atom stereocenters. The fourth-order valence-corrected chi connectivity index (χ4v) is 3.64. The third kappa shape index (κ3) is 19.2. The minimum Gasteiger partial charge on any atom is -0.444 e. The van der Waals surface area contributed by atoms with E-state index in [0.29, 0.717) is 106 Å². The predicted molar refractivity (Wildman–Crippen MR) is 145 cm³/mol. The maximum absolute atomic E-state index is 12.8. The van der Waals surface area contributed by atoms with E-state index in [2.05, 4.69) is 0 Å². The highest BCUT2D eigenvalue weighted by molar-refractivity contribution is 5.80. The summed E-state index contributed by atoms with van der Waals surface area (Å²) >= 11 is 0. The average Bonchev–Trinajstić information content (AvgIpc) is 2.90. The summed E-state index contributed by atoms with van der Waals surface area (Å²) in [7, 11) is 3.41. The molecule has 0 aromatic rings. The van der Waals surface area contributed by atoms with Gasteiger partial charge in [0.1, 0.15) is 5.60 Å². The topological polar surface area (TPSA) is 114 Å². The third-order valence-electron chi connectivity index (χ3n) is 5.66. The van der Waals surface area contributed by atoms with Crippen molar-refractivity contribution in [1.82, 2.24) is 9.80 Å². The van der Waals surface area contributed by atoms with E-state index in [1.54, 1.807) is 24.0 Å². The van der Waals surface area contributed by atoms with Crippen molar-refractivity contribution in [3.05, 3.63) is 0 Å². The molecular weight excluding hydrogens is 512 g/mol. The maximum Gasteiger partial charge on any atom is 0.410 e. The number of amides is 2. The number of methoxy groups -OCH3 is 1. The highest BCUT2D eigenvalue weighted by atomic mass is 16.6. The van der Waals surface area contributed by atoms with Gasteiger partial charge in [0.05, 0.1) is 91.8 Å². The number of likely N-dealkylation sites (N-methyl/N-ethyl adjacent to an activating group) is 1. The Labute approximate surface area is 234 Å². The molecule has 1 saturated heterocycles. The summed E-state index contributed by atoms with van der Waals surface area (Å²) in [6, 6.07) is 0. The summed E-state index contributed by atoms with van der Waals surface area (Å²) in [6.07, 6.45) is 1.20. The van der Waals surface area contributed by atoms with Crippen LogP contribution in [0.4, 0.5) is 4.79 Å². The summed E-state index contributed by atoms with van der Waals surface area (Å²) in [4.78, 5) is 28.5. The number of nitrogens with zero attached hydrogens (tertiary/aromatic N) is 2. The second kappa shape index (κ2) is 22.2. The Hall–Kier alpha value is -1.54.